The summed E-state index contributed by atoms with van der Waals surface area (Å²) in [5, 5.41) is 8.58. The van der Waals surface area contributed by atoms with Gasteiger partial charge in [-0.1, -0.05) is 18.7 Å². The number of benzene rings is 1. The summed E-state index contributed by atoms with van der Waals surface area (Å²) >= 11 is 0. The van der Waals surface area contributed by atoms with Crippen LogP contribution in [0.4, 0.5) is 0 Å². The van der Waals surface area contributed by atoms with Gasteiger partial charge in [0.05, 0.1) is 34.0 Å². The van der Waals surface area contributed by atoms with Crippen molar-refractivity contribution >= 4 is 10.0 Å². The molecule has 16 heavy (non-hydrogen) atoms. The second-order valence-electron chi connectivity index (χ2n) is 3.24. The predicted octanol–water partition coefficient (Wildman–Crippen LogP) is 0.00368. The number of nitriles is 1. The van der Waals surface area contributed by atoms with E-state index in [9.17, 15) is 8.42 Å². The predicted molar refractivity (Wildman–Crippen MR) is 59.8 cm³/mol. The van der Waals surface area contributed by atoms with Gasteiger partial charge in [-0.25, -0.2) is 8.42 Å². The van der Waals surface area contributed by atoms with Gasteiger partial charge in [-0.15, -0.1) is 0 Å². The van der Waals surface area contributed by atoms with Crippen LogP contribution in [0.5, 0.6) is 0 Å². The number of hydrogen-bond donors (Lipinski definition) is 1. The molecule has 0 aliphatic rings. The lowest BCUT2D eigenvalue weighted by molar-refractivity contribution is -0.362. The molecule has 0 saturated heterocycles. The van der Waals surface area contributed by atoms with Gasteiger partial charge in [0.2, 0.25) is 0 Å². The van der Waals surface area contributed by atoms with Crippen LogP contribution in [-0.4, -0.2) is 21.5 Å². The molecular weight excluding hydrogens is 226 g/mol. The van der Waals surface area contributed by atoms with Crippen molar-refractivity contribution in [2.75, 3.05) is 13.1 Å². The Kier molecular flexibility index (Phi) is 4.43. The maximum atomic E-state index is 11.5. The van der Waals surface area contributed by atoms with Crippen LogP contribution in [0, 0.1) is 11.3 Å². The Bertz CT molecular complexity index is 474. The second-order valence-corrected chi connectivity index (χ2v) is 4.95. The summed E-state index contributed by atoms with van der Waals surface area (Å²) in [4.78, 5) is 0. The molecule has 0 aliphatic carbocycles. The average Bonchev–Trinajstić information content (AvgIpc) is 2.27. The third kappa shape index (κ3) is 3.98. The highest BCUT2D eigenvalue weighted by molar-refractivity contribution is 7.93. The van der Waals surface area contributed by atoms with Crippen molar-refractivity contribution in [1.29, 1.82) is 5.26 Å². The Morgan fingerprint density at radius 1 is 1.31 bits per heavy atom. The maximum Gasteiger partial charge on any atom is 0.0991 e. The van der Waals surface area contributed by atoms with E-state index < -0.39 is 10.0 Å². The zero-order valence-corrected chi connectivity index (χ0v) is 9.57. The molecular formula is C10H13N3O2S. The van der Waals surface area contributed by atoms with Crippen molar-refractivity contribution in [2.45, 2.75) is 5.75 Å². The van der Waals surface area contributed by atoms with Crippen LogP contribution in [-0.2, 0) is 15.8 Å². The molecule has 86 valence electrons. The SMILES string of the molecule is N#Cc1ccc(CS(=O)(=O)[N-]CC[NH3+])cc1. The molecule has 0 amide bonds. The molecule has 0 aliphatic heterocycles. The molecule has 1 rings (SSSR count). The molecule has 1 aromatic rings. The molecule has 0 radical (unpaired) electrons. The zero-order valence-electron chi connectivity index (χ0n) is 8.76. The van der Waals surface area contributed by atoms with Gasteiger partial charge in [0.1, 0.15) is 0 Å². The molecule has 0 bridgehead atoms. The second kappa shape index (κ2) is 5.61. The van der Waals surface area contributed by atoms with Crippen LogP contribution >= 0.6 is 0 Å². The van der Waals surface area contributed by atoms with E-state index in [1.807, 2.05) is 6.07 Å². The van der Waals surface area contributed by atoms with Gasteiger partial charge in [-0.05, 0) is 17.7 Å². The Balaban J connectivity index is 2.70. The summed E-state index contributed by atoms with van der Waals surface area (Å²) in [6, 6.07) is 8.39. The first-order chi connectivity index (χ1) is 7.57. The summed E-state index contributed by atoms with van der Waals surface area (Å²) < 4.78 is 26.5. The van der Waals surface area contributed by atoms with Gasteiger partial charge in [0.15, 0.2) is 0 Å². The average molecular weight is 239 g/mol. The fourth-order valence-electron chi connectivity index (χ4n) is 1.14. The minimum absolute atomic E-state index is 0.126. The molecule has 6 heteroatoms. The minimum Gasteiger partial charge on any atom is -0.544 e. The van der Waals surface area contributed by atoms with Crippen LogP contribution < -0.4 is 5.73 Å². The molecule has 3 N–H and O–H groups in total. The maximum absolute atomic E-state index is 11.5. The highest BCUT2D eigenvalue weighted by Crippen LogP contribution is 2.11. The van der Waals surface area contributed by atoms with Gasteiger partial charge in [0, 0.05) is 0 Å². The van der Waals surface area contributed by atoms with Crippen molar-refractivity contribution in [2.24, 2.45) is 0 Å². The van der Waals surface area contributed by atoms with E-state index in [-0.39, 0.29) is 12.3 Å². The molecule has 0 heterocycles. The summed E-state index contributed by atoms with van der Waals surface area (Å²) in [5.41, 5.74) is 4.67. The molecule has 0 fully saturated rings. The van der Waals surface area contributed by atoms with E-state index >= 15 is 0 Å². The number of quaternary nitrogens is 1. The number of rotatable bonds is 5. The first-order valence-electron chi connectivity index (χ1n) is 4.77. The smallest absolute Gasteiger partial charge is 0.0991 e. The van der Waals surface area contributed by atoms with Crippen LogP contribution in [0.3, 0.4) is 0 Å². The number of nitrogens with zero attached hydrogens (tertiary/aromatic N) is 2. The first-order valence-corrected chi connectivity index (χ1v) is 6.38. The first kappa shape index (κ1) is 12.6. The highest BCUT2D eigenvalue weighted by atomic mass is 32.2. The van der Waals surface area contributed by atoms with Crippen LogP contribution in [0.25, 0.3) is 4.72 Å². The molecule has 0 aromatic heterocycles. The van der Waals surface area contributed by atoms with Crippen molar-refractivity contribution in [3.8, 4) is 6.07 Å². The third-order valence-electron chi connectivity index (χ3n) is 1.88. The quantitative estimate of drug-likeness (QED) is 0.782. The van der Waals surface area contributed by atoms with E-state index in [1.54, 1.807) is 24.3 Å². The summed E-state index contributed by atoms with van der Waals surface area (Å²) in [5.74, 6) is -0.126. The monoisotopic (exact) mass is 239 g/mol. The third-order valence-corrected chi connectivity index (χ3v) is 3.15. The van der Waals surface area contributed by atoms with Crippen molar-refractivity contribution in [3.63, 3.8) is 0 Å². The van der Waals surface area contributed by atoms with E-state index in [0.717, 1.165) is 0 Å². The van der Waals surface area contributed by atoms with Crippen molar-refractivity contribution < 1.29 is 14.2 Å². The summed E-state index contributed by atoms with van der Waals surface area (Å²) in [6.07, 6.45) is 0. The summed E-state index contributed by atoms with van der Waals surface area (Å²) in [7, 11) is -3.41. The van der Waals surface area contributed by atoms with Gasteiger partial charge in [-0.3, -0.25) is 0 Å². The number of hydrogen-bond acceptors (Lipinski definition) is 3. The van der Waals surface area contributed by atoms with Crippen LogP contribution in [0.15, 0.2) is 24.3 Å². The van der Waals surface area contributed by atoms with Gasteiger partial charge < -0.3 is 10.5 Å². The molecule has 0 saturated carbocycles. The Hall–Kier alpha value is -1.42. The van der Waals surface area contributed by atoms with Gasteiger partial charge in [0.25, 0.3) is 0 Å². The van der Waals surface area contributed by atoms with Crippen LogP contribution in [0.2, 0.25) is 0 Å². The van der Waals surface area contributed by atoms with Crippen LogP contribution in [0.1, 0.15) is 11.1 Å². The van der Waals surface area contributed by atoms with Gasteiger partial charge in [-0.2, -0.15) is 5.26 Å². The molecule has 0 spiro atoms. The lowest BCUT2D eigenvalue weighted by Gasteiger charge is -2.17. The largest absolute Gasteiger partial charge is 0.544 e. The molecule has 0 atom stereocenters. The van der Waals surface area contributed by atoms with Crippen molar-refractivity contribution in [1.82, 2.24) is 0 Å². The Labute approximate surface area is 94.9 Å². The van der Waals surface area contributed by atoms with Crippen molar-refractivity contribution in [3.05, 3.63) is 40.1 Å². The highest BCUT2D eigenvalue weighted by Gasteiger charge is 2.01. The van der Waals surface area contributed by atoms with E-state index in [0.29, 0.717) is 17.7 Å². The number of sulfonamides is 1. The van der Waals surface area contributed by atoms with Gasteiger partial charge >= 0.3 is 0 Å². The lowest BCUT2D eigenvalue weighted by atomic mass is 10.2. The Morgan fingerprint density at radius 3 is 2.44 bits per heavy atom. The molecule has 5 nitrogen and oxygen atoms in total. The zero-order chi connectivity index (χ0) is 12.0. The van der Waals surface area contributed by atoms with E-state index in [4.69, 9.17) is 5.26 Å². The molecule has 1 aromatic carbocycles. The fraction of sp³-hybridized carbons (Fsp3) is 0.300. The molecule has 0 unspecified atom stereocenters. The van der Waals surface area contributed by atoms with E-state index in [1.165, 1.54) is 0 Å². The fourth-order valence-corrected chi connectivity index (χ4v) is 2.25. The summed E-state index contributed by atoms with van der Waals surface area (Å²) in [6.45, 7) is 0.686. The Morgan fingerprint density at radius 2 is 1.94 bits per heavy atom. The normalized spacial score (nSPS) is 11.0. The van der Waals surface area contributed by atoms with E-state index in [2.05, 4.69) is 10.5 Å². The topological polar surface area (TPSA) is 99.7 Å². The lowest BCUT2D eigenvalue weighted by Crippen LogP contribution is -2.51. The minimum atomic E-state index is -3.41. The standard InChI is InChI=1S/C10H12N3O2S/c11-5-6-13-16(14,15)8-10-3-1-9(7-12)2-4-10/h1-4H,5-6,8,11H2/q-1/p+1.